The summed E-state index contributed by atoms with van der Waals surface area (Å²) in [5.41, 5.74) is 4.21. The fourth-order valence-electron chi connectivity index (χ4n) is 2.47. The third-order valence-electron chi connectivity index (χ3n) is 3.45. The standard InChI is InChI=1S/C17H12N2O/c1-11-6-2-3-7-12(11)14(10-18)16-13-8-4-5-9-15(13)19-17(16)20/h2-9H,1H3,(H,19,20)/b16-14+. The Morgan fingerprint density at radius 3 is 2.55 bits per heavy atom. The van der Waals surface area contributed by atoms with E-state index in [4.69, 9.17) is 0 Å². The molecule has 0 saturated heterocycles. The Morgan fingerprint density at radius 1 is 1.10 bits per heavy atom. The maximum Gasteiger partial charge on any atom is 0.257 e. The van der Waals surface area contributed by atoms with Crippen LogP contribution in [-0.2, 0) is 4.79 Å². The van der Waals surface area contributed by atoms with Gasteiger partial charge in [-0.15, -0.1) is 0 Å². The number of nitrogens with zero attached hydrogens (tertiary/aromatic N) is 1. The van der Waals surface area contributed by atoms with Crippen LogP contribution < -0.4 is 5.32 Å². The maximum atomic E-state index is 12.2. The van der Waals surface area contributed by atoms with E-state index in [0.717, 1.165) is 22.4 Å². The number of anilines is 1. The quantitative estimate of drug-likeness (QED) is 0.631. The number of benzene rings is 2. The van der Waals surface area contributed by atoms with Gasteiger partial charge in [-0.1, -0.05) is 42.5 Å². The van der Waals surface area contributed by atoms with E-state index in [0.29, 0.717) is 11.1 Å². The molecule has 1 aliphatic rings. The lowest BCUT2D eigenvalue weighted by Gasteiger charge is -2.06. The van der Waals surface area contributed by atoms with E-state index < -0.39 is 0 Å². The minimum Gasteiger partial charge on any atom is -0.321 e. The predicted molar refractivity (Wildman–Crippen MR) is 78.7 cm³/mol. The molecular formula is C17H12N2O. The third-order valence-corrected chi connectivity index (χ3v) is 3.45. The summed E-state index contributed by atoms with van der Waals surface area (Å²) < 4.78 is 0. The van der Waals surface area contributed by atoms with E-state index in [1.807, 2.05) is 55.5 Å². The van der Waals surface area contributed by atoms with Crippen molar-refractivity contribution in [2.24, 2.45) is 0 Å². The number of amides is 1. The molecule has 0 fully saturated rings. The lowest BCUT2D eigenvalue weighted by atomic mass is 9.94. The summed E-state index contributed by atoms with van der Waals surface area (Å²) in [6.07, 6.45) is 0. The van der Waals surface area contributed by atoms with E-state index in [1.165, 1.54) is 0 Å². The summed E-state index contributed by atoms with van der Waals surface area (Å²) in [4.78, 5) is 12.2. The molecule has 0 aliphatic carbocycles. The summed E-state index contributed by atoms with van der Waals surface area (Å²) in [5, 5.41) is 12.3. The van der Waals surface area contributed by atoms with Gasteiger partial charge in [0.15, 0.2) is 0 Å². The molecule has 0 unspecified atom stereocenters. The molecule has 2 aromatic carbocycles. The van der Waals surface area contributed by atoms with Gasteiger partial charge in [0.05, 0.1) is 11.1 Å². The number of hydrogen-bond acceptors (Lipinski definition) is 2. The van der Waals surface area contributed by atoms with Crippen molar-refractivity contribution in [2.75, 3.05) is 5.32 Å². The molecule has 3 rings (SSSR count). The van der Waals surface area contributed by atoms with Gasteiger partial charge in [-0.3, -0.25) is 4.79 Å². The summed E-state index contributed by atoms with van der Waals surface area (Å²) in [6, 6.07) is 17.2. The van der Waals surface area contributed by atoms with Crippen LogP contribution in [0.25, 0.3) is 11.1 Å². The number of para-hydroxylation sites is 1. The number of nitriles is 1. The van der Waals surface area contributed by atoms with Gasteiger partial charge in [0, 0.05) is 11.3 Å². The van der Waals surface area contributed by atoms with E-state index in [1.54, 1.807) is 0 Å². The normalized spacial score (nSPS) is 15.3. The monoisotopic (exact) mass is 260 g/mol. The van der Waals surface area contributed by atoms with Crippen molar-refractivity contribution in [3.63, 3.8) is 0 Å². The molecule has 0 radical (unpaired) electrons. The van der Waals surface area contributed by atoms with Crippen molar-refractivity contribution in [2.45, 2.75) is 6.92 Å². The number of rotatable bonds is 1. The van der Waals surface area contributed by atoms with Crippen molar-refractivity contribution in [1.29, 1.82) is 5.26 Å². The minimum atomic E-state index is -0.217. The van der Waals surface area contributed by atoms with Crippen LogP contribution in [0.4, 0.5) is 5.69 Å². The number of nitrogens with one attached hydrogen (secondary N) is 1. The zero-order valence-electron chi connectivity index (χ0n) is 11.0. The second-order valence-electron chi connectivity index (χ2n) is 4.68. The van der Waals surface area contributed by atoms with E-state index >= 15 is 0 Å². The van der Waals surface area contributed by atoms with Crippen LogP contribution in [0.3, 0.4) is 0 Å². The van der Waals surface area contributed by atoms with Crippen LogP contribution >= 0.6 is 0 Å². The van der Waals surface area contributed by atoms with Crippen LogP contribution in [0.2, 0.25) is 0 Å². The highest BCUT2D eigenvalue weighted by Crippen LogP contribution is 2.37. The minimum absolute atomic E-state index is 0.217. The van der Waals surface area contributed by atoms with Gasteiger partial charge in [-0.25, -0.2) is 0 Å². The molecule has 0 saturated carbocycles. The lowest BCUT2D eigenvalue weighted by Crippen LogP contribution is -2.06. The SMILES string of the molecule is Cc1ccccc1/C(C#N)=C1/C(=O)Nc2ccccc21. The zero-order chi connectivity index (χ0) is 14.1. The molecule has 1 heterocycles. The molecule has 0 atom stereocenters. The van der Waals surface area contributed by atoms with Crippen molar-refractivity contribution in [1.82, 2.24) is 0 Å². The van der Waals surface area contributed by atoms with Gasteiger partial charge in [0.1, 0.15) is 6.07 Å². The predicted octanol–water partition coefficient (Wildman–Crippen LogP) is 3.38. The van der Waals surface area contributed by atoms with Crippen molar-refractivity contribution in [3.05, 3.63) is 65.2 Å². The largest absolute Gasteiger partial charge is 0.321 e. The summed E-state index contributed by atoms with van der Waals surface area (Å²) in [5.74, 6) is -0.217. The number of fused-ring (bicyclic) bond motifs is 1. The van der Waals surface area contributed by atoms with Crippen molar-refractivity contribution in [3.8, 4) is 6.07 Å². The average molecular weight is 260 g/mol. The molecule has 96 valence electrons. The van der Waals surface area contributed by atoms with E-state index in [-0.39, 0.29) is 5.91 Å². The molecule has 0 bridgehead atoms. The number of carbonyl (C=O) groups excluding carboxylic acids is 1. The maximum absolute atomic E-state index is 12.2. The summed E-state index contributed by atoms with van der Waals surface area (Å²) in [7, 11) is 0. The van der Waals surface area contributed by atoms with Gasteiger partial charge in [-0.05, 0) is 24.1 Å². The molecule has 3 heteroatoms. The Hall–Kier alpha value is -2.86. The second kappa shape index (κ2) is 4.67. The van der Waals surface area contributed by atoms with Crippen molar-refractivity contribution < 1.29 is 4.79 Å². The fourth-order valence-corrected chi connectivity index (χ4v) is 2.47. The van der Waals surface area contributed by atoms with Crippen molar-refractivity contribution >= 4 is 22.7 Å². The molecular weight excluding hydrogens is 248 g/mol. The Kier molecular flexibility index (Phi) is 2.85. The Labute approximate surface area is 117 Å². The molecule has 2 aromatic rings. The summed E-state index contributed by atoms with van der Waals surface area (Å²) >= 11 is 0. The number of carbonyl (C=O) groups is 1. The molecule has 1 amide bonds. The molecule has 1 aliphatic heterocycles. The first-order chi connectivity index (χ1) is 9.72. The van der Waals surface area contributed by atoms with Gasteiger partial charge in [0.25, 0.3) is 5.91 Å². The zero-order valence-corrected chi connectivity index (χ0v) is 11.0. The highest BCUT2D eigenvalue weighted by atomic mass is 16.2. The third kappa shape index (κ3) is 1.79. The second-order valence-corrected chi connectivity index (χ2v) is 4.68. The topological polar surface area (TPSA) is 52.9 Å². The average Bonchev–Trinajstić information content (AvgIpc) is 2.78. The van der Waals surface area contributed by atoms with Crippen LogP contribution in [0.15, 0.2) is 48.5 Å². The highest BCUT2D eigenvalue weighted by Gasteiger charge is 2.28. The molecule has 1 N–H and O–H groups in total. The first-order valence-corrected chi connectivity index (χ1v) is 6.33. The fraction of sp³-hybridized carbons (Fsp3) is 0.0588. The van der Waals surface area contributed by atoms with Crippen LogP contribution in [-0.4, -0.2) is 5.91 Å². The lowest BCUT2D eigenvalue weighted by molar-refractivity contribution is -0.110. The van der Waals surface area contributed by atoms with E-state index in [9.17, 15) is 10.1 Å². The smallest absolute Gasteiger partial charge is 0.257 e. The Balaban J connectivity index is 2.30. The van der Waals surface area contributed by atoms with Gasteiger partial charge in [0.2, 0.25) is 0 Å². The molecule has 20 heavy (non-hydrogen) atoms. The first-order valence-electron chi connectivity index (χ1n) is 6.33. The Morgan fingerprint density at radius 2 is 1.80 bits per heavy atom. The van der Waals surface area contributed by atoms with Crippen LogP contribution in [0, 0.1) is 18.3 Å². The van der Waals surface area contributed by atoms with Gasteiger partial charge >= 0.3 is 0 Å². The summed E-state index contributed by atoms with van der Waals surface area (Å²) in [6.45, 7) is 1.94. The van der Waals surface area contributed by atoms with E-state index in [2.05, 4.69) is 11.4 Å². The highest BCUT2D eigenvalue weighted by molar-refractivity contribution is 6.38. The first kappa shape index (κ1) is 12.2. The van der Waals surface area contributed by atoms with Gasteiger partial charge < -0.3 is 5.32 Å². The van der Waals surface area contributed by atoms with Gasteiger partial charge in [-0.2, -0.15) is 5.26 Å². The van der Waals surface area contributed by atoms with Crippen LogP contribution in [0.5, 0.6) is 0 Å². The molecule has 0 aromatic heterocycles. The Bertz CT molecular complexity index is 782. The molecule has 3 nitrogen and oxygen atoms in total. The number of aryl methyl sites for hydroxylation is 1. The number of hydrogen-bond donors (Lipinski definition) is 1. The molecule has 0 spiro atoms. The number of allylic oxidation sites excluding steroid dienone is 1. The van der Waals surface area contributed by atoms with Crippen LogP contribution in [0.1, 0.15) is 16.7 Å².